The summed E-state index contributed by atoms with van der Waals surface area (Å²) in [7, 11) is 4.17. The molecule has 0 saturated heterocycles. The molecule has 1 N–H and O–H groups in total. The molecule has 0 aromatic carbocycles. The van der Waals surface area contributed by atoms with Crippen LogP contribution in [-0.4, -0.2) is 62.1 Å². The van der Waals surface area contributed by atoms with E-state index in [4.69, 9.17) is 9.47 Å². The van der Waals surface area contributed by atoms with Crippen LogP contribution in [-0.2, 0) is 23.9 Å². The normalized spacial score (nSPS) is 30.6. The van der Waals surface area contributed by atoms with Gasteiger partial charge in [0.2, 0.25) is 5.91 Å². The lowest BCUT2D eigenvalue weighted by molar-refractivity contribution is -0.222. The number of nitrogens with one attached hydrogen (secondary N) is 1. The lowest BCUT2D eigenvalue weighted by Crippen LogP contribution is -2.63. The van der Waals surface area contributed by atoms with Crippen LogP contribution in [0.2, 0.25) is 0 Å². The van der Waals surface area contributed by atoms with Crippen LogP contribution < -0.4 is 5.32 Å². The van der Waals surface area contributed by atoms with Gasteiger partial charge in [0.05, 0.1) is 5.92 Å². The fourth-order valence-corrected chi connectivity index (χ4v) is 14.7. The Labute approximate surface area is 402 Å². The van der Waals surface area contributed by atoms with Crippen LogP contribution in [0.1, 0.15) is 254 Å². The summed E-state index contributed by atoms with van der Waals surface area (Å²) in [6.45, 7) is 18.5. The minimum Gasteiger partial charge on any atom is -0.462 e. The van der Waals surface area contributed by atoms with Crippen molar-refractivity contribution in [1.29, 1.82) is 0 Å². The van der Waals surface area contributed by atoms with E-state index in [1.165, 1.54) is 116 Å². The Morgan fingerprint density at radius 3 is 1.82 bits per heavy atom. The zero-order chi connectivity index (χ0) is 47.2. The van der Waals surface area contributed by atoms with Crippen molar-refractivity contribution in [3.05, 3.63) is 0 Å². The maximum atomic E-state index is 14.9. The Balaban J connectivity index is 1.54. The number of nitrogens with zero attached hydrogens (tertiary/aromatic N) is 1. The number of amides is 1. The molecule has 378 valence electrons. The molecule has 0 bridgehead atoms. The molecule has 4 saturated carbocycles. The number of fused-ring (bicyclic) bond motifs is 5. The van der Waals surface area contributed by atoms with Crippen LogP contribution in [0.4, 0.5) is 0 Å². The Kier molecular flexibility index (Phi) is 25.3. The SMILES string of the molecule is CCCCCCCCCCC(=O)O[C@@H]1CC[C@@]2(C)[C@@H](C1)[C@@H](CC)[C@@H](OC(=O)C(CCCCCC)CCCCCCCC)[C@@H]1[C@@H]2CC[C@]2(C)[C@@H]([C@H](C)CCC(=O)NCCCN(C)C)CC[C@@H]12. The molecule has 0 aromatic heterocycles. The Bertz CT molecular complexity index is 1350. The number of rotatable bonds is 33. The van der Waals surface area contributed by atoms with Gasteiger partial charge in [-0.05, 0) is 150 Å². The summed E-state index contributed by atoms with van der Waals surface area (Å²) in [6, 6.07) is 0. The van der Waals surface area contributed by atoms with Crippen LogP contribution >= 0.6 is 0 Å². The third kappa shape index (κ3) is 16.5. The molecule has 7 nitrogen and oxygen atoms in total. The largest absolute Gasteiger partial charge is 0.462 e. The van der Waals surface area contributed by atoms with Gasteiger partial charge in [0.25, 0.3) is 0 Å². The van der Waals surface area contributed by atoms with Gasteiger partial charge in [0, 0.05) is 25.3 Å². The van der Waals surface area contributed by atoms with E-state index < -0.39 is 0 Å². The molecule has 0 radical (unpaired) electrons. The third-order valence-corrected chi connectivity index (χ3v) is 18.5. The molecule has 0 aliphatic heterocycles. The molecule has 4 aliphatic rings. The summed E-state index contributed by atoms with van der Waals surface area (Å²) in [5.74, 6) is 3.35. The summed E-state index contributed by atoms with van der Waals surface area (Å²) in [5.41, 5.74) is 0.317. The molecular weight excluding hydrogens is 805 g/mol. The van der Waals surface area contributed by atoms with Gasteiger partial charge in [-0.1, -0.05) is 158 Å². The van der Waals surface area contributed by atoms with Crippen LogP contribution in [0.3, 0.4) is 0 Å². The average Bonchev–Trinajstić information content (AvgIpc) is 3.64. The fourth-order valence-electron chi connectivity index (χ4n) is 14.7. The molecule has 1 amide bonds. The lowest BCUT2D eigenvalue weighted by Gasteiger charge is -2.65. The Morgan fingerprint density at radius 1 is 0.631 bits per heavy atom. The van der Waals surface area contributed by atoms with Gasteiger partial charge in [-0.25, -0.2) is 0 Å². The number of carbonyl (C=O) groups is 3. The van der Waals surface area contributed by atoms with Crippen LogP contribution in [0, 0.1) is 58.2 Å². The number of unbranched alkanes of at least 4 members (excludes halogenated alkanes) is 15. The summed E-state index contributed by atoms with van der Waals surface area (Å²) in [5, 5.41) is 3.20. The van der Waals surface area contributed by atoms with Gasteiger partial charge in [0.15, 0.2) is 0 Å². The van der Waals surface area contributed by atoms with Gasteiger partial charge in [-0.2, -0.15) is 0 Å². The minimum absolute atomic E-state index is 0.00346. The molecule has 12 atom stereocenters. The van der Waals surface area contributed by atoms with Gasteiger partial charge in [-0.3, -0.25) is 14.4 Å². The zero-order valence-electron chi connectivity index (χ0n) is 44.3. The second-order valence-corrected chi connectivity index (χ2v) is 23.3. The predicted molar refractivity (Wildman–Crippen MR) is 272 cm³/mol. The van der Waals surface area contributed by atoms with Crippen LogP contribution in [0.5, 0.6) is 0 Å². The quantitative estimate of drug-likeness (QED) is 0.0522. The first-order chi connectivity index (χ1) is 31.3. The lowest BCUT2D eigenvalue weighted by atomic mass is 9.41. The zero-order valence-corrected chi connectivity index (χ0v) is 44.3. The van der Waals surface area contributed by atoms with Crippen molar-refractivity contribution in [3.8, 4) is 0 Å². The van der Waals surface area contributed by atoms with Crippen molar-refractivity contribution in [3.63, 3.8) is 0 Å². The van der Waals surface area contributed by atoms with E-state index in [9.17, 15) is 14.4 Å². The van der Waals surface area contributed by atoms with Gasteiger partial charge < -0.3 is 19.7 Å². The topological polar surface area (TPSA) is 84.9 Å². The second kappa shape index (κ2) is 29.4. The first kappa shape index (κ1) is 56.0. The van der Waals surface area contributed by atoms with Crippen LogP contribution in [0.25, 0.3) is 0 Å². The summed E-state index contributed by atoms with van der Waals surface area (Å²) in [6.07, 6.45) is 35.6. The predicted octanol–water partition coefficient (Wildman–Crippen LogP) is 15.1. The van der Waals surface area contributed by atoms with Crippen molar-refractivity contribution in [2.24, 2.45) is 58.2 Å². The van der Waals surface area contributed by atoms with E-state index in [1.807, 2.05) is 0 Å². The maximum Gasteiger partial charge on any atom is 0.309 e. The highest BCUT2D eigenvalue weighted by atomic mass is 16.5. The van der Waals surface area contributed by atoms with Gasteiger partial charge in [0.1, 0.15) is 12.2 Å². The summed E-state index contributed by atoms with van der Waals surface area (Å²) < 4.78 is 13.7. The van der Waals surface area contributed by atoms with Gasteiger partial charge >= 0.3 is 11.9 Å². The van der Waals surface area contributed by atoms with E-state index >= 15 is 0 Å². The monoisotopic (exact) mass is 911 g/mol. The Morgan fingerprint density at radius 2 is 1.20 bits per heavy atom. The van der Waals surface area contributed by atoms with Crippen molar-refractivity contribution in [2.45, 2.75) is 266 Å². The molecule has 1 unspecified atom stereocenters. The average molecular weight is 911 g/mol. The van der Waals surface area contributed by atoms with Crippen LogP contribution in [0.15, 0.2) is 0 Å². The smallest absolute Gasteiger partial charge is 0.309 e. The highest BCUT2D eigenvalue weighted by Gasteiger charge is 2.66. The Hall–Kier alpha value is -1.63. The molecule has 4 rings (SSSR count). The number of carbonyl (C=O) groups excluding carboxylic acids is 3. The maximum absolute atomic E-state index is 14.9. The minimum atomic E-state index is -0.0864. The van der Waals surface area contributed by atoms with E-state index in [-0.39, 0.29) is 52.7 Å². The molecule has 7 heteroatoms. The van der Waals surface area contributed by atoms with Crippen molar-refractivity contribution < 1.29 is 23.9 Å². The molecule has 4 fully saturated rings. The summed E-state index contributed by atoms with van der Waals surface area (Å²) >= 11 is 0. The fraction of sp³-hybridized carbons (Fsp3) is 0.948. The highest BCUT2D eigenvalue weighted by Crippen LogP contribution is 2.70. The molecule has 0 aromatic rings. The van der Waals surface area contributed by atoms with E-state index in [1.54, 1.807) is 0 Å². The number of ether oxygens (including phenoxy) is 2. The number of hydrogen-bond acceptors (Lipinski definition) is 6. The van der Waals surface area contributed by atoms with E-state index in [0.717, 1.165) is 90.1 Å². The van der Waals surface area contributed by atoms with Crippen molar-refractivity contribution in [1.82, 2.24) is 10.2 Å². The molecule has 65 heavy (non-hydrogen) atoms. The highest BCUT2D eigenvalue weighted by molar-refractivity contribution is 5.75. The molecule has 0 spiro atoms. The third-order valence-electron chi connectivity index (χ3n) is 18.5. The number of esters is 2. The van der Waals surface area contributed by atoms with E-state index in [0.29, 0.717) is 48.3 Å². The standard InChI is InChI=1S/C58H106N2O5/c1-10-14-17-20-22-23-25-28-32-53(62)64-46-37-39-58(7)50-38-40-57(6)48(44(5)33-36-52(61)59-41-29-42-60(8)9)34-35-49(57)54(50)55(47(13-4)51(58)43-46)65-56(63)45(30-26-19-16-12-3)31-27-24-21-18-15-11-2/h44-51,54-55H,10-43H2,1-9H3,(H,59,61)/t44-,45?,46-,47-,48-,49+,50+,51+,54+,55-,57-,58-/m1/s1. The second-order valence-electron chi connectivity index (χ2n) is 23.3. The van der Waals surface area contributed by atoms with E-state index in [2.05, 4.69) is 72.8 Å². The molecule has 0 heterocycles. The molecular formula is C58H106N2O5. The first-order valence-electron chi connectivity index (χ1n) is 28.7. The molecule has 4 aliphatic carbocycles. The van der Waals surface area contributed by atoms with Crippen molar-refractivity contribution >= 4 is 17.8 Å². The first-order valence-corrected chi connectivity index (χ1v) is 28.7. The summed E-state index contributed by atoms with van der Waals surface area (Å²) in [4.78, 5) is 43.5. The van der Waals surface area contributed by atoms with Gasteiger partial charge in [-0.15, -0.1) is 0 Å². The number of hydrogen-bond donors (Lipinski definition) is 1. The van der Waals surface area contributed by atoms with Crippen molar-refractivity contribution in [2.75, 3.05) is 27.2 Å².